The van der Waals surface area contributed by atoms with Crippen molar-refractivity contribution in [2.24, 2.45) is 5.92 Å². The summed E-state index contributed by atoms with van der Waals surface area (Å²) in [4.78, 5) is 39.0. The molecule has 36 heavy (non-hydrogen) atoms. The molecule has 2 aliphatic heterocycles. The van der Waals surface area contributed by atoms with Crippen molar-refractivity contribution in [3.63, 3.8) is 0 Å². The minimum Gasteiger partial charge on any atom is -0.484 e. The first-order valence-electron chi connectivity index (χ1n) is 11.6. The molecule has 3 aromatic carbocycles. The molecule has 2 heterocycles. The van der Waals surface area contributed by atoms with E-state index in [1.807, 2.05) is 36.4 Å². The van der Waals surface area contributed by atoms with Crippen molar-refractivity contribution in [3.8, 4) is 17.2 Å². The van der Waals surface area contributed by atoms with Crippen molar-refractivity contribution in [2.45, 2.75) is 13.0 Å². The van der Waals surface area contributed by atoms with Crippen LogP contribution in [0.1, 0.15) is 12.0 Å². The second-order valence-electron chi connectivity index (χ2n) is 8.51. The van der Waals surface area contributed by atoms with Crippen molar-refractivity contribution in [3.05, 3.63) is 78.4 Å². The van der Waals surface area contributed by atoms with Gasteiger partial charge >= 0.3 is 0 Å². The van der Waals surface area contributed by atoms with Crippen LogP contribution >= 0.6 is 0 Å². The van der Waals surface area contributed by atoms with Crippen LogP contribution in [0.5, 0.6) is 17.2 Å². The summed E-state index contributed by atoms with van der Waals surface area (Å²) in [6, 6.07) is 21.5. The maximum absolute atomic E-state index is 12.7. The Kier molecular flexibility index (Phi) is 6.70. The number of carbonyl (C=O) groups excluding carboxylic acids is 3. The highest BCUT2D eigenvalue weighted by molar-refractivity contribution is 6.00. The fourth-order valence-electron chi connectivity index (χ4n) is 4.11. The quantitative estimate of drug-likeness (QED) is 0.506. The third-order valence-corrected chi connectivity index (χ3v) is 5.98. The van der Waals surface area contributed by atoms with Gasteiger partial charge in [0.05, 0.1) is 5.92 Å². The van der Waals surface area contributed by atoms with E-state index in [4.69, 9.17) is 14.2 Å². The van der Waals surface area contributed by atoms with Gasteiger partial charge in [-0.15, -0.1) is 0 Å². The van der Waals surface area contributed by atoms with Gasteiger partial charge in [-0.2, -0.15) is 0 Å². The second kappa shape index (κ2) is 10.4. The van der Waals surface area contributed by atoms with E-state index in [-0.39, 0.29) is 37.5 Å². The number of nitrogens with zero attached hydrogens (tertiary/aromatic N) is 1. The Morgan fingerprint density at radius 2 is 1.75 bits per heavy atom. The zero-order chi connectivity index (χ0) is 24.9. The summed E-state index contributed by atoms with van der Waals surface area (Å²) in [7, 11) is 0. The van der Waals surface area contributed by atoms with E-state index in [1.165, 1.54) is 0 Å². The van der Waals surface area contributed by atoms with Crippen molar-refractivity contribution < 1.29 is 28.6 Å². The van der Waals surface area contributed by atoms with Crippen LogP contribution in [0.2, 0.25) is 0 Å². The number of amides is 3. The number of carbonyl (C=O) groups is 3. The summed E-state index contributed by atoms with van der Waals surface area (Å²) in [5.41, 5.74) is 2.26. The predicted molar refractivity (Wildman–Crippen MR) is 132 cm³/mol. The zero-order valence-corrected chi connectivity index (χ0v) is 19.4. The van der Waals surface area contributed by atoms with E-state index in [9.17, 15) is 14.4 Å². The molecule has 0 spiro atoms. The lowest BCUT2D eigenvalue weighted by molar-refractivity contribution is -0.126. The van der Waals surface area contributed by atoms with Gasteiger partial charge < -0.3 is 29.7 Å². The van der Waals surface area contributed by atoms with Gasteiger partial charge in [0.1, 0.15) is 5.75 Å². The lowest BCUT2D eigenvalue weighted by atomic mass is 10.1. The highest BCUT2D eigenvalue weighted by Crippen LogP contribution is 2.32. The first-order chi connectivity index (χ1) is 17.5. The SMILES string of the molecule is O=C(COc1ccc(N2C[C@@H](C(=O)NCc3ccc4c(c3)OCO4)CC2=O)cc1)Nc1ccccc1. The summed E-state index contributed by atoms with van der Waals surface area (Å²) in [6.45, 7) is 0.694. The fourth-order valence-corrected chi connectivity index (χ4v) is 4.11. The van der Waals surface area contributed by atoms with E-state index in [1.54, 1.807) is 41.3 Å². The molecule has 3 amide bonds. The molecule has 0 saturated carbocycles. The largest absolute Gasteiger partial charge is 0.484 e. The molecule has 9 heteroatoms. The van der Waals surface area contributed by atoms with Crippen LogP contribution in [-0.4, -0.2) is 37.7 Å². The van der Waals surface area contributed by atoms with Crippen LogP contribution in [0.3, 0.4) is 0 Å². The van der Waals surface area contributed by atoms with Gasteiger partial charge in [-0.3, -0.25) is 14.4 Å². The average molecular weight is 488 g/mol. The summed E-state index contributed by atoms with van der Waals surface area (Å²) in [5, 5.41) is 5.66. The van der Waals surface area contributed by atoms with E-state index < -0.39 is 5.92 Å². The first-order valence-corrected chi connectivity index (χ1v) is 11.6. The number of nitrogens with one attached hydrogen (secondary N) is 2. The molecule has 0 unspecified atom stereocenters. The van der Waals surface area contributed by atoms with Crippen LogP contribution in [0, 0.1) is 5.92 Å². The van der Waals surface area contributed by atoms with Gasteiger partial charge in [-0.05, 0) is 54.1 Å². The molecular weight excluding hydrogens is 462 g/mol. The first kappa shape index (κ1) is 23.2. The average Bonchev–Trinajstić information content (AvgIpc) is 3.53. The third-order valence-electron chi connectivity index (χ3n) is 5.98. The Balaban J connectivity index is 1.11. The molecular formula is C27H25N3O6. The van der Waals surface area contributed by atoms with E-state index in [0.29, 0.717) is 41.7 Å². The maximum Gasteiger partial charge on any atom is 0.262 e. The summed E-state index contributed by atoms with van der Waals surface area (Å²) < 4.78 is 16.2. The lowest BCUT2D eigenvalue weighted by Crippen LogP contribution is -2.32. The zero-order valence-electron chi connectivity index (χ0n) is 19.4. The van der Waals surface area contributed by atoms with Crippen LogP contribution < -0.4 is 29.7 Å². The number of anilines is 2. The van der Waals surface area contributed by atoms with Gasteiger partial charge in [0.25, 0.3) is 5.91 Å². The summed E-state index contributed by atoms with van der Waals surface area (Å²) >= 11 is 0. The van der Waals surface area contributed by atoms with Gasteiger partial charge in [-0.1, -0.05) is 24.3 Å². The Morgan fingerprint density at radius 1 is 0.972 bits per heavy atom. The van der Waals surface area contributed by atoms with E-state index >= 15 is 0 Å². The number of para-hydroxylation sites is 1. The molecule has 5 rings (SSSR count). The smallest absolute Gasteiger partial charge is 0.262 e. The van der Waals surface area contributed by atoms with E-state index in [0.717, 1.165) is 5.56 Å². The number of hydrogen-bond acceptors (Lipinski definition) is 6. The molecule has 3 aromatic rings. The Bertz CT molecular complexity index is 1260. The number of ether oxygens (including phenoxy) is 3. The highest BCUT2D eigenvalue weighted by Gasteiger charge is 2.35. The second-order valence-corrected chi connectivity index (χ2v) is 8.51. The maximum atomic E-state index is 12.7. The van der Waals surface area contributed by atoms with Crippen molar-refractivity contribution >= 4 is 29.1 Å². The minimum atomic E-state index is -0.441. The number of benzene rings is 3. The van der Waals surface area contributed by atoms with Gasteiger partial charge in [0.2, 0.25) is 18.6 Å². The van der Waals surface area contributed by atoms with Crippen LogP contribution in [-0.2, 0) is 20.9 Å². The van der Waals surface area contributed by atoms with Crippen LogP contribution in [0.25, 0.3) is 0 Å². The molecule has 0 aliphatic carbocycles. The third kappa shape index (κ3) is 5.41. The molecule has 0 radical (unpaired) electrons. The lowest BCUT2D eigenvalue weighted by Gasteiger charge is -2.17. The number of fused-ring (bicyclic) bond motifs is 1. The molecule has 0 bridgehead atoms. The standard InChI is InChI=1S/C27H25N3O6/c31-25(29-20-4-2-1-3-5-20)16-34-22-9-7-21(8-10-22)30-15-19(13-26(30)32)27(33)28-14-18-6-11-23-24(12-18)36-17-35-23/h1-12,19H,13-17H2,(H,28,33)(H,29,31)/t19-/m0/s1. The predicted octanol–water partition coefficient (Wildman–Crippen LogP) is 3.10. The molecule has 0 aromatic heterocycles. The summed E-state index contributed by atoms with van der Waals surface area (Å²) in [6.07, 6.45) is 0.144. The Labute approximate surface area is 208 Å². The molecule has 184 valence electrons. The normalized spacial score (nSPS) is 16.1. The van der Waals surface area contributed by atoms with Crippen LogP contribution in [0.15, 0.2) is 72.8 Å². The van der Waals surface area contributed by atoms with Gasteiger partial charge in [0, 0.05) is 30.9 Å². The molecule has 2 aliphatic rings. The van der Waals surface area contributed by atoms with Gasteiger partial charge in [-0.25, -0.2) is 0 Å². The topological polar surface area (TPSA) is 106 Å². The van der Waals surface area contributed by atoms with Crippen LogP contribution in [0.4, 0.5) is 11.4 Å². The van der Waals surface area contributed by atoms with Crippen molar-refractivity contribution in [1.82, 2.24) is 5.32 Å². The highest BCUT2D eigenvalue weighted by atomic mass is 16.7. The summed E-state index contributed by atoms with van der Waals surface area (Å²) in [5.74, 6) is 0.856. The van der Waals surface area contributed by atoms with E-state index in [2.05, 4.69) is 10.6 Å². The van der Waals surface area contributed by atoms with Crippen molar-refractivity contribution in [1.29, 1.82) is 0 Å². The molecule has 1 saturated heterocycles. The molecule has 1 fully saturated rings. The molecule has 1 atom stereocenters. The van der Waals surface area contributed by atoms with Crippen molar-refractivity contribution in [2.75, 3.05) is 30.2 Å². The van der Waals surface area contributed by atoms with Gasteiger partial charge in [0.15, 0.2) is 18.1 Å². The number of hydrogen-bond donors (Lipinski definition) is 2. The molecule has 2 N–H and O–H groups in total. The number of rotatable bonds is 8. The monoisotopic (exact) mass is 487 g/mol. The fraction of sp³-hybridized carbons (Fsp3) is 0.222. The Morgan fingerprint density at radius 3 is 2.56 bits per heavy atom. The Hall–Kier alpha value is -4.53. The minimum absolute atomic E-state index is 0.117. The molecule has 9 nitrogen and oxygen atoms in total.